The van der Waals surface area contributed by atoms with Gasteiger partial charge in [-0.1, -0.05) is 0 Å². The fraction of sp³-hybridized carbons (Fsp3) is 0.929. The predicted octanol–water partition coefficient (Wildman–Crippen LogP) is 1.51. The second kappa shape index (κ2) is 7.22. The van der Waals surface area contributed by atoms with Crippen molar-refractivity contribution in [2.75, 3.05) is 26.3 Å². The SMILES string of the molecule is CCOC1CC(N2CCC(OCCC(=O)O)CC2)C1. The fourth-order valence-corrected chi connectivity index (χ4v) is 2.93. The van der Waals surface area contributed by atoms with E-state index in [2.05, 4.69) is 4.90 Å². The number of ether oxygens (including phenoxy) is 2. The van der Waals surface area contributed by atoms with E-state index in [4.69, 9.17) is 14.6 Å². The fourth-order valence-electron chi connectivity index (χ4n) is 2.93. The zero-order valence-corrected chi connectivity index (χ0v) is 11.7. The predicted molar refractivity (Wildman–Crippen MR) is 71.2 cm³/mol. The van der Waals surface area contributed by atoms with Gasteiger partial charge in [-0.05, 0) is 32.6 Å². The standard InChI is InChI=1S/C14H25NO4/c1-2-18-13-9-11(10-13)15-6-3-12(4-7-15)19-8-5-14(16)17/h11-13H,2-10H2,1H3,(H,16,17). The number of hydrogen-bond acceptors (Lipinski definition) is 4. The molecule has 19 heavy (non-hydrogen) atoms. The van der Waals surface area contributed by atoms with Gasteiger partial charge in [0.15, 0.2) is 0 Å². The summed E-state index contributed by atoms with van der Waals surface area (Å²) in [6.07, 6.45) is 5.21. The maximum absolute atomic E-state index is 10.4. The van der Waals surface area contributed by atoms with Crippen LogP contribution in [0.2, 0.25) is 0 Å². The Balaban J connectivity index is 1.57. The van der Waals surface area contributed by atoms with Crippen molar-refractivity contribution in [3.8, 4) is 0 Å². The molecule has 5 heteroatoms. The number of carbonyl (C=O) groups is 1. The first-order chi connectivity index (χ1) is 9.19. The van der Waals surface area contributed by atoms with Crippen molar-refractivity contribution in [1.82, 2.24) is 4.90 Å². The van der Waals surface area contributed by atoms with Gasteiger partial charge in [-0.25, -0.2) is 0 Å². The van der Waals surface area contributed by atoms with Gasteiger partial charge >= 0.3 is 5.97 Å². The van der Waals surface area contributed by atoms with Gasteiger partial charge in [0.05, 0.1) is 25.2 Å². The van der Waals surface area contributed by atoms with Crippen molar-refractivity contribution in [2.24, 2.45) is 0 Å². The number of rotatable bonds is 7. The molecular weight excluding hydrogens is 246 g/mol. The highest BCUT2D eigenvalue weighted by Crippen LogP contribution is 2.30. The van der Waals surface area contributed by atoms with Gasteiger partial charge in [-0.3, -0.25) is 9.69 Å². The minimum absolute atomic E-state index is 0.110. The smallest absolute Gasteiger partial charge is 0.305 e. The average Bonchev–Trinajstić information content (AvgIpc) is 2.34. The zero-order chi connectivity index (χ0) is 13.7. The van der Waals surface area contributed by atoms with E-state index in [1.165, 1.54) is 12.8 Å². The first-order valence-electron chi connectivity index (χ1n) is 7.38. The highest BCUT2D eigenvalue weighted by atomic mass is 16.5. The molecule has 0 aromatic rings. The van der Waals surface area contributed by atoms with E-state index in [9.17, 15) is 4.79 Å². The van der Waals surface area contributed by atoms with Crippen LogP contribution < -0.4 is 0 Å². The molecule has 2 aliphatic rings. The number of carboxylic acids is 1. The number of likely N-dealkylation sites (tertiary alicyclic amines) is 1. The van der Waals surface area contributed by atoms with Gasteiger partial charge in [0.2, 0.25) is 0 Å². The highest BCUT2D eigenvalue weighted by Gasteiger charge is 2.35. The summed E-state index contributed by atoms with van der Waals surface area (Å²) in [6.45, 7) is 5.35. The molecule has 5 nitrogen and oxygen atoms in total. The van der Waals surface area contributed by atoms with Crippen LogP contribution in [0.25, 0.3) is 0 Å². The molecule has 0 unspecified atom stereocenters. The lowest BCUT2D eigenvalue weighted by atomic mass is 9.86. The Morgan fingerprint density at radius 2 is 1.89 bits per heavy atom. The number of aliphatic carboxylic acids is 1. The van der Waals surface area contributed by atoms with Gasteiger partial charge < -0.3 is 14.6 Å². The van der Waals surface area contributed by atoms with Crippen LogP contribution in [0.1, 0.15) is 39.0 Å². The second-order valence-corrected chi connectivity index (χ2v) is 5.45. The molecule has 1 aliphatic heterocycles. The second-order valence-electron chi connectivity index (χ2n) is 5.45. The quantitative estimate of drug-likeness (QED) is 0.760. The normalized spacial score (nSPS) is 29.1. The molecular formula is C14H25NO4. The Morgan fingerprint density at radius 3 is 2.47 bits per heavy atom. The van der Waals surface area contributed by atoms with Crippen LogP contribution in [-0.4, -0.2) is 60.5 Å². The highest BCUT2D eigenvalue weighted by molar-refractivity contribution is 5.66. The van der Waals surface area contributed by atoms with Gasteiger partial charge in [0.1, 0.15) is 0 Å². The van der Waals surface area contributed by atoms with Crippen molar-refractivity contribution in [2.45, 2.75) is 57.3 Å². The Morgan fingerprint density at radius 1 is 1.21 bits per heavy atom. The van der Waals surface area contributed by atoms with Crippen molar-refractivity contribution < 1.29 is 19.4 Å². The molecule has 1 saturated heterocycles. The summed E-state index contributed by atoms with van der Waals surface area (Å²) in [5, 5.41) is 8.57. The number of piperidine rings is 1. The molecule has 0 amide bonds. The molecule has 1 heterocycles. The lowest BCUT2D eigenvalue weighted by molar-refractivity contribution is -0.139. The lowest BCUT2D eigenvalue weighted by Crippen LogP contribution is -2.51. The molecule has 2 fully saturated rings. The summed E-state index contributed by atoms with van der Waals surface area (Å²) in [5.74, 6) is -0.783. The third-order valence-electron chi connectivity index (χ3n) is 4.13. The molecule has 0 atom stereocenters. The summed E-state index contributed by atoms with van der Waals surface area (Å²) < 4.78 is 11.2. The summed E-state index contributed by atoms with van der Waals surface area (Å²) in [6, 6.07) is 0.691. The van der Waals surface area contributed by atoms with Crippen LogP contribution in [0.4, 0.5) is 0 Å². The third-order valence-corrected chi connectivity index (χ3v) is 4.13. The number of nitrogens with zero attached hydrogens (tertiary/aromatic N) is 1. The van der Waals surface area contributed by atoms with Gasteiger partial charge in [-0.2, -0.15) is 0 Å². The van der Waals surface area contributed by atoms with Crippen LogP contribution in [0.3, 0.4) is 0 Å². The van der Waals surface area contributed by atoms with E-state index in [0.29, 0.717) is 18.8 Å². The Bertz CT molecular complexity index is 283. The van der Waals surface area contributed by atoms with Crippen LogP contribution >= 0.6 is 0 Å². The van der Waals surface area contributed by atoms with E-state index >= 15 is 0 Å². The topological polar surface area (TPSA) is 59.0 Å². The maximum atomic E-state index is 10.4. The first kappa shape index (κ1) is 14.8. The molecule has 0 aromatic heterocycles. The monoisotopic (exact) mass is 271 g/mol. The molecule has 1 aliphatic carbocycles. The molecule has 110 valence electrons. The average molecular weight is 271 g/mol. The molecule has 0 bridgehead atoms. The van der Waals surface area contributed by atoms with Crippen LogP contribution in [0.15, 0.2) is 0 Å². The molecule has 0 radical (unpaired) electrons. The summed E-state index contributed by atoms with van der Waals surface area (Å²) >= 11 is 0. The summed E-state index contributed by atoms with van der Waals surface area (Å²) in [5.41, 5.74) is 0. The van der Waals surface area contributed by atoms with E-state index in [0.717, 1.165) is 32.5 Å². The van der Waals surface area contributed by atoms with Crippen LogP contribution in [0.5, 0.6) is 0 Å². The molecule has 2 rings (SSSR count). The van der Waals surface area contributed by atoms with E-state index < -0.39 is 5.97 Å². The Hall–Kier alpha value is -0.650. The largest absolute Gasteiger partial charge is 0.481 e. The number of carboxylic acid groups (broad SMARTS) is 1. The molecule has 0 spiro atoms. The molecule has 1 N–H and O–H groups in total. The Labute approximate surface area is 114 Å². The van der Waals surface area contributed by atoms with Crippen molar-refractivity contribution in [3.05, 3.63) is 0 Å². The van der Waals surface area contributed by atoms with E-state index in [1.54, 1.807) is 0 Å². The van der Waals surface area contributed by atoms with Crippen LogP contribution in [0, 0.1) is 0 Å². The first-order valence-corrected chi connectivity index (χ1v) is 7.38. The van der Waals surface area contributed by atoms with Crippen LogP contribution in [-0.2, 0) is 14.3 Å². The third kappa shape index (κ3) is 4.44. The van der Waals surface area contributed by atoms with Gasteiger partial charge in [0.25, 0.3) is 0 Å². The van der Waals surface area contributed by atoms with Crippen molar-refractivity contribution >= 4 is 5.97 Å². The van der Waals surface area contributed by atoms with Crippen molar-refractivity contribution in [3.63, 3.8) is 0 Å². The van der Waals surface area contributed by atoms with Crippen molar-refractivity contribution in [1.29, 1.82) is 0 Å². The Kier molecular flexibility index (Phi) is 5.60. The summed E-state index contributed by atoms with van der Waals surface area (Å²) in [4.78, 5) is 12.9. The van der Waals surface area contributed by atoms with E-state index in [-0.39, 0.29) is 12.5 Å². The summed E-state index contributed by atoms with van der Waals surface area (Å²) in [7, 11) is 0. The van der Waals surface area contributed by atoms with E-state index in [1.807, 2.05) is 6.92 Å². The minimum atomic E-state index is -0.783. The number of hydrogen-bond donors (Lipinski definition) is 1. The lowest BCUT2D eigenvalue weighted by Gasteiger charge is -2.45. The molecule has 0 aromatic carbocycles. The van der Waals surface area contributed by atoms with Gasteiger partial charge in [-0.15, -0.1) is 0 Å². The minimum Gasteiger partial charge on any atom is -0.481 e. The van der Waals surface area contributed by atoms with Gasteiger partial charge in [0, 0.05) is 25.7 Å². The zero-order valence-electron chi connectivity index (χ0n) is 11.7. The molecule has 1 saturated carbocycles. The maximum Gasteiger partial charge on any atom is 0.305 e.